The standard InChI is InChI=1S/C13H27N3/c1-15-8-3-4-13(11-15)16(2)9-7-14-10-12-5-6-12/h12-14H,3-11H2,1-2H3. The minimum Gasteiger partial charge on any atom is -0.315 e. The lowest BCUT2D eigenvalue weighted by molar-refractivity contribution is 0.135. The van der Waals surface area contributed by atoms with E-state index in [2.05, 4.69) is 29.2 Å². The van der Waals surface area contributed by atoms with Crippen LogP contribution < -0.4 is 5.32 Å². The van der Waals surface area contributed by atoms with Crippen molar-refractivity contribution in [2.24, 2.45) is 5.92 Å². The molecular weight excluding hydrogens is 198 g/mol. The topological polar surface area (TPSA) is 18.5 Å². The first kappa shape index (κ1) is 12.3. The van der Waals surface area contributed by atoms with E-state index < -0.39 is 0 Å². The first-order valence-electron chi connectivity index (χ1n) is 6.85. The summed E-state index contributed by atoms with van der Waals surface area (Å²) in [5, 5.41) is 3.57. The molecule has 1 aliphatic heterocycles. The molecule has 1 heterocycles. The van der Waals surface area contributed by atoms with Crippen LogP contribution in [0.5, 0.6) is 0 Å². The Hall–Kier alpha value is -0.120. The number of hydrogen-bond acceptors (Lipinski definition) is 3. The second-order valence-electron chi connectivity index (χ2n) is 5.69. The molecule has 1 N–H and O–H groups in total. The maximum Gasteiger partial charge on any atom is 0.0221 e. The van der Waals surface area contributed by atoms with Gasteiger partial charge < -0.3 is 15.1 Å². The molecule has 16 heavy (non-hydrogen) atoms. The van der Waals surface area contributed by atoms with Gasteiger partial charge >= 0.3 is 0 Å². The highest BCUT2D eigenvalue weighted by Crippen LogP contribution is 2.27. The molecule has 2 rings (SSSR count). The zero-order chi connectivity index (χ0) is 11.4. The normalized spacial score (nSPS) is 27.6. The van der Waals surface area contributed by atoms with Gasteiger partial charge in [0.2, 0.25) is 0 Å². The minimum absolute atomic E-state index is 0.779. The van der Waals surface area contributed by atoms with Crippen LogP contribution >= 0.6 is 0 Å². The minimum atomic E-state index is 0.779. The highest BCUT2D eigenvalue weighted by molar-refractivity contribution is 4.79. The van der Waals surface area contributed by atoms with E-state index in [1.165, 1.54) is 51.9 Å². The summed E-state index contributed by atoms with van der Waals surface area (Å²) >= 11 is 0. The number of hydrogen-bond donors (Lipinski definition) is 1. The van der Waals surface area contributed by atoms with Crippen molar-refractivity contribution in [3.63, 3.8) is 0 Å². The number of rotatable bonds is 6. The number of nitrogens with zero attached hydrogens (tertiary/aromatic N) is 2. The predicted octanol–water partition coefficient (Wildman–Crippen LogP) is 1.01. The first-order chi connectivity index (χ1) is 7.75. The summed E-state index contributed by atoms with van der Waals surface area (Å²) in [6.45, 7) is 6.14. The zero-order valence-corrected chi connectivity index (χ0v) is 10.9. The molecule has 3 heteroatoms. The number of nitrogens with one attached hydrogen (secondary N) is 1. The van der Waals surface area contributed by atoms with Crippen LogP contribution in [0.15, 0.2) is 0 Å². The first-order valence-corrected chi connectivity index (χ1v) is 6.85. The van der Waals surface area contributed by atoms with Crippen molar-refractivity contribution in [2.75, 3.05) is 46.8 Å². The average molecular weight is 225 g/mol. The summed E-state index contributed by atoms with van der Waals surface area (Å²) in [4.78, 5) is 5.00. The van der Waals surface area contributed by atoms with Gasteiger partial charge in [-0.1, -0.05) is 0 Å². The van der Waals surface area contributed by atoms with Gasteiger partial charge in [0, 0.05) is 25.7 Å². The molecule has 2 aliphatic rings. The molecule has 1 saturated heterocycles. The van der Waals surface area contributed by atoms with Crippen molar-refractivity contribution in [1.29, 1.82) is 0 Å². The maximum absolute atomic E-state index is 3.57. The molecule has 0 radical (unpaired) electrons. The molecule has 0 aromatic heterocycles. The van der Waals surface area contributed by atoms with Crippen LogP contribution in [0.3, 0.4) is 0 Å². The number of likely N-dealkylation sites (tertiary alicyclic amines) is 1. The van der Waals surface area contributed by atoms with E-state index in [-0.39, 0.29) is 0 Å². The van der Waals surface area contributed by atoms with Gasteiger partial charge in [-0.25, -0.2) is 0 Å². The lowest BCUT2D eigenvalue weighted by atomic mass is 10.1. The Kier molecular flexibility index (Phi) is 4.62. The quantitative estimate of drug-likeness (QED) is 0.681. The van der Waals surface area contributed by atoms with Crippen LogP contribution in [0.1, 0.15) is 25.7 Å². The molecule has 2 fully saturated rings. The van der Waals surface area contributed by atoms with Crippen molar-refractivity contribution >= 4 is 0 Å². The Bertz CT molecular complexity index is 203. The van der Waals surface area contributed by atoms with Gasteiger partial charge in [-0.3, -0.25) is 0 Å². The molecule has 0 spiro atoms. The summed E-state index contributed by atoms with van der Waals surface area (Å²) in [5.74, 6) is 1.01. The number of piperidine rings is 1. The van der Waals surface area contributed by atoms with Gasteiger partial charge in [0.1, 0.15) is 0 Å². The Morgan fingerprint density at radius 2 is 2.12 bits per heavy atom. The third-order valence-electron chi connectivity index (χ3n) is 3.99. The molecule has 1 aliphatic carbocycles. The summed E-state index contributed by atoms with van der Waals surface area (Å²) in [6.07, 6.45) is 5.65. The molecule has 1 saturated carbocycles. The lowest BCUT2D eigenvalue weighted by Gasteiger charge is -2.35. The molecule has 0 aromatic carbocycles. The Morgan fingerprint density at radius 3 is 2.81 bits per heavy atom. The van der Waals surface area contributed by atoms with Gasteiger partial charge in [0.15, 0.2) is 0 Å². The van der Waals surface area contributed by atoms with E-state index in [0.29, 0.717) is 0 Å². The zero-order valence-electron chi connectivity index (χ0n) is 10.9. The van der Waals surface area contributed by atoms with E-state index in [0.717, 1.165) is 18.5 Å². The summed E-state index contributed by atoms with van der Waals surface area (Å²) in [7, 11) is 4.52. The van der Waals surface area contributed by atoms with E-state index in [1.54, 1.807) is 0 Å². The van der Waals surface area contributed by atoms with Gasteiger partial charge in [-0.2, -0.15) is 0 Å². The van der Waals surface area contributed by atoms with Crippen molar-refractivity contribution in [1.82, 2.24) is 15.1 Å². The fourth-order valence-corrected chi connectivity index (χ4v) is 2.57. The fraction of sp³-hybridized carbons (Fsp3) is 1.00. The molecule has 1 atom stereocenters. The molecule has 94 valence electrons. The lowest BCUT2D eigenvalue weighted by Crippen LogP contribution is -2.46. The van der Waals surface area contributed by atoms with Crippen molar-refractivity contribution in [2.45, 2.75) is 31.7 Å². The van der Waals surface area contributed by atoms with E-state index in [4.69, 9.17) is 0 Å². The van der Waals surface area contributed by atoms with Crippen molar-refractivity contribution in [3.05, 3.63) is 0 Å². The van der Waals surface area contributed by atoms with E-state index >= 15 is 0 Å². The molecule has 1 unspecified atom stereocenters. The van der Waals surface area contributed by atoms with Gasteiger partial charge in [0.05, 0.1) is 0 Å². The maximum atomic E-state index is 3.57. The second-order valence-corrected chi connectivity index (χ2v) is 5.69. The highest BCUT2D eigenvalue weighted by Gasteiger charge is 2.22. The predicted molar refractivity (Wildman–Crippen MR) is 68.7 cm³/mol. The average Bonchev–Trinajstić information content (AvgIpc) is 3.08. The third-order valence-corrected chi connectivity index (χ3v) is 3.99. The SMILES string of the molecule is CN1CCCC(N(C)CCNCC2CC2)C1. The van der Waals surface area contributed by atoms with Crippen molar-refractivity contribution in [3.8, 4) is 0 Å². The summed E-state index contributed by atoms with van der Waals surface area (Å²) < 4.78 is 0. The summed E-state index contributed by atoms with van der Waals surface area (Å²) in [6, 6.07) is 0.779. The third kappa shape index (κ3) is 4.04. The van der Waals surface area contributed by atoms with Gasteiger partial charge in [0.25, 0.3) is 0 Å². The Balaban J connectivity index is 1.56. The van der Waals surface area contributed by atoms with Crippen LogP contribution in [0.2, 0.25) is 0 Å². The Labute approximate surface area is 100 Å². The molecule has 0 aromatic rings. The van der Waals surface area contributed by atoms with Crippen LogP contribution in [-0.4, -0.2) is 62.7 Å². The Morgan fingerprint density at radius 1 is 1.31 bits per heavy atom. The van der Waals surface area contributed by atoms with Gasteiger partial charge in [-0.15, -0.1) is 0 Å². The van der Waals surface area contributed by atoms with E-state index in [1.807, 2.05) is 0 Å². The molecular formula is C13H27N3. The van der Waals surface area contributed by atoms with Crippen LogP contribution in [0, 0.1) is 5.92 Å². The van der Waals surface area contributed by atoms with E-state index in [9.17, 15) is 0 Å². The van der Waals surface area contributed by atoms with Crippen LogP contribution in [0.4, 0.5) is 0 Å². The summed E-state index contributed by atoms with van der Waals surface area (Å²) in [5.41, 5.74) is 0. The second kappa shape index (κ2) is 5.99. The largest absolute Gasteiger partial charge is 0.315 e. The fourth-order valence-electron chi connectivity index (χ4n) is 2.57. The van der Waals surface area contributed by atoms with Gasteiger partial charge in [-0.05, 0) is 58.8 Å². The van der Waals surface area contributed by atoms with Crippen molar-refractivity contribution < 1.29 is 0 Å². The van der Waals surface area contributed by atoms with Crippen LogP contribution in [0.25, 0.3) is 0 Å². The smallest absolute Gasteiger partial charge is 0.0221 e. The number of likely N-dealkylation sites (N-methyl/N-ethyl adjacent to an activating group) is 2. The molecule has 0 amide bonds. The molecule has 3 nitrogen and oxygen atoms in total. The van der Waals surface area contributed by atoms with Crippen LogP contribution in [-0.2, 0) is 0 Å². The highest BCUT2D eigenvalue weighted by atomic mass is 15.2. The molecule has 0 bridgehead atoms. The monoisotopic (exact) mass is 225 g/mol.